The first-order valence-electron chi connectivity index (χ1n) is 6.89. The van der Waals surface area contributed by atoms with Crippen LogP contribution >= 0.6 is 0 Å². The van der Waals surface area contributed by atoms with Crippen LogP contribution in [-0.2, 0) is 0 Å². The lowest BCUT2D eigenvalue weighted by atomic mass is 9.85. The Morgan fingerprint density at radius 1 is 1.00 bits per heavy atom. The van der Waals surface area contributed by atoms with Gasteiger partial charge in [-0.1, -0.05) is 40.0 Å². The molecular weight excluding hydrogens is 182 g/mol. The smallest absolute Gasteiger partial charge is 0.00696 e. The number of likely N-dealkylation sites (tertiary alicyclic amines) is 1. The maximum atomic E-state index is 2.71. The molecule has 0 bridgehead atoms. The Bertz CT molecular complexity index is 167. The van der Waals surface area contributed by atoms with Crippen LogP contribution in [0.5, 0.6) is 0 Å². The Hall–Kier alpha value is -0.0400. The molecule has 15 heavy (non-hydrogen) atoms. The monoisotopic (exact) mass is 211 g/mol. The standard InChI is InChI=1S/C14H29N/c1-5-6-7-8-9-15-11-13(3)12(2)10-14(15)4/h12-14H,5-11H2,1-4H3. The van der Waals surface area contributed by atoms with Crippen molar-refractivity contribution in [1.29, 1.82) is 0 Å². The molecule has 0 aliphatic carbocycles. The summed E-state index contributed by atoms with van der Waals surface area (Å²) in [6.45, 7) is 12.2. The van der Waals surface area contributed by atoms with E-state index in [0.29, 0.717) is 0 Å². The molecular formula is C14H29N. The van der Waals surface area contributed by atoms with E-state index in [9.17, 15) is 0 Å². The lowest BCUT2D eigenvalue weighted by Crippen LogP contribution is -2.44. The van der Waals surface area contributed by atoms with E-state index in [2.05, 4.69) is 32.6 Å². The first-order valence-corrected chi connectivity index (χ1v) is 6.89. The minimum absolute atomic E-state index is 0.817. The van der Waals surface area contributed by atoms with E-state index < -0.39 is 0 Å². The fourth-order valence-corrected chi connectivity index (χ4v) is 2.70. The molecule has 3 atom stereocenters. The molecule has 0 N–H and O–H groups in total. The second-order valence-electron chi connectivity index (χ2n) is 5.59. The third-order valence-electron chi connectivity index (χ3n) is 4.13. The van der Waals surface area contributed by atoms with Crippen LogP contribution < -0.4 is 0 Å². The molecule has 1 heteroatoms. The molecule has 1 nitrogen and oxygen atoms in total. The predicted molar refractivity (Wildman–Crippen MR) is 68.1 cm³/mol. The molecule has 0 aromatic heterocycles. The molecule has 1 saturated heterocycles. The third-order valence-corrected chi connectivity index (χ3v) is 4.13. The van der Waals surface area contributed by atoms with E-state index in [1.807, 2.05) is 0 Å². The van der Waals surface area contributed by atoms with Gasteiger partial charge in [0, 0.05) is 12.6 Å². The maximum Gasteiger partial charge on any atom is 0.00696 e. The lowest BCUT2D eigenvalue weighted by molar-refractivity contribution is 0.0843. The molecule has 0 amide bonds. The van der Waals surface area contributed by atoms with Gasteiger partial charge in [0.25, 0.3) is 0 Å². The van der Waals surface area contributed by atoms with Gasteiger partial charge in [0.05, 0.1) is 0 Å². The van der Waals surface area contributed by atoms with Crippen LogP contribution in [0.4, 0.5) is 0 Å². The quantitative estimate of drug-likeness (QED) is 0.623. The fraction of sp³-hybridized carbons (Fsp3) is 1.00. The minimum atomic E-state index is 0.817. The second-order valence-corrected chi connectivity index (χ2v) is 5.59. The van der Waals surface area contributed by atoms with Crippen molar-refractivity contribution in [2.24, 2.45) is 11.8 Å². The Morgan fingerprint density at radius 3 is 2.40 bits per heavy atom. The highest BCUT2D eigenvalue weighted by atomic mass is 15.2. The molecule has 0 aromatic rings. The van der Waals surface area contributed by atoms with Gasteiger partial charge in [-0.15, -0.1) is 0 Å². The SMILES string of the molecule is CCCCCCN1CC(C)C(C)CC1C. The molecule has 0 aromatic carbocycles. The molecule has 1 rings (SSSR count). The number of nitrogens with zero attached hydrogens (tertiary/aromatic N) is 1. The largest absolute Gasteiger partial charge is 0.300 e. The van der Waals surface area contributed by atoms with E-state index >= 15 is 0 Å². The third kappa shape index (κ3) is 4.14. The zero-order valence-corrected chi connectivity index (χ0v) is 11.1. The van der Waals surface area contributed by atoms with Crippen LogP contribution in [0.25, 0.3) is 0 Å². The molecule has 90 valence electrons. The van der Waals surface area contributed by atoms with Crippen molar-refractivity contribution in [2.45, 2.75) is 65.8 Å². The fourth-order valence-electron chi connectivity index (χ4n) is 2.70. The number of unbranched alkanes of at least 4 members (excludes halogenated alkanes) is 3. The van der Waals surface area contributed by atoms with E-state index in [-0.39, 0.29) is 0 Å². The maximum absolute atomic E-state index is 2.71. The Labute approximate surface area is 96.2 Å². The van der Waals surface area contributed by atoms with Gasteiger partial charge in [-0.05, 0) is 38.1 Å². The summed E-state index contributed by atoms with van der Waals surface area (Å²) >= 11 is 0. The predicted octanol–water partition coefficient (Wildman–Crippen LogP) is 3.93. The summed E-state index contributed by atoms with van der Waals surface area (Å²) < 4.78 is 0. The lowest BCUT2D eigenvalue weighted by Gasteiger charge is -2.40. The number of hydrogen-bond donors (Lipinski definition) is 0. The van der Waals surface area contributed by atoms with Crippen molar-refractivity contribution in [2.75, 3.05) is 13.1 Å². The normalized spacial score (nSPS) is 33.2. The van der Waals surface area contributed by atoms with Gasteiger partial charge in [0.15, 0.2) is 0 Å². The molecule has 1 heterocycles. The number of piperidine rings is 1. The van der Waals surface area contributed by atoms with Gasteiger partial charge in [-0.2, -0.15) is 0 Å². The van der Waals surface area contributed by atoms with Crippen LogP contribution in [-0.4, -0.2) is 24.0 Å². The Kier molecular flexibility index (Phi) is 5.66. The summed E-state index contributed by atoms with van der Waals surface area (Å²) in [5, 5.41) is 0. The first-order chi connectivity index (χ1) is 7.15. The van der Waals surface area contributed by atoms with Crippen LogP contribution in [0.2, 0.25) is 0 Å². The van der Waals surface area contributed by atoms with Crippen LogP contribution in [0.3, 0.4) is 0 Å². The summed E-state index contributed by atoms with van der Waals surface area (Å²) in [5.74, 6) is 1.82. The van der Waals surface area contributed by atoms with Gasteiger partial charge in [0.1, 0.15) is 0 Å². The van der Waals surface area contributed by atoms with Gasteiger partial charge in [-0.3, -0.25) is 0 Å². The molecule has 1 fully saturated rings. The van der Waals surface area contributed by atoms with Crippen LogP contribution in [0.15, 0.2) is 0 Å². The van der Waals surface area contributed by atoms with Crippen molar-refractivity contribution < 1.29 is 0 Å². The highest BCUT2D eigenvalue weighted by Gasteiger charge is 2.27. The van der Waals surface area contributed by atoms with E-state index in [4.69, 9.17) is 0 Å². The Morgan fingerprint density at radius 2 is 1.73 bits per heavy atom. The average molecular weight is 211 g/mol. The molecule has 1 aliphatic heterocycles. The molecule has 1 aliphatic rings. The molecule has 0 saturated carbocycles. The second kappa shape index (κ2) is 6.52. The van der Waals surface area contributed by atoms with Gasteiger partial charge < -0.3 is 4.90 Å². The molecule has 3 unspecified atom stereocenters. The number of hydrogen-bond acceptors (Lipinski definition) is 1. The molecule has 0 radical (unpaired) electrons. The minimum Gasteiger partial charge on any atom is -0.300 e. The zero-order valence-electron chi connectivity index (χ0n) is 11.1. The Balaban J connectivity index is 2.22. The van der Waals surface area contributed by atoms with Gasteiger partial charge >= 0.3 is 0 Å². The highest BCUT2D eigenvalue weighted by molar-refractivity contribution is 4.80. The van der Waals surface area contributed by atoms with E-state index in [0.717, 1.165) is 17.9 Å². The summed E-state index contributed by atoms with van der Waals surface area (Å²) in [6.07, 6.45) is 6.98. The van der Waals surface area contributed by atoms with Crippen molar-refractivity contribution >= 4 is 0 Å². The van der Waals surface area contributed by atoms with Crippen LogP contribution in [0, 0.1) is 11.8 Å². The van der Waals surface area contributed by atoms with Gasteiger partial charge in [-0.25, -0.2) is 0 Å². The number of rotatable bonds is 5. The van der Waals surface area contributed by atoms with Crippen LogP contribution in [0.1, 0.15) is 59.8 Å². The molecule has 0 spiro atoms. The summed E-state index contributed by atoms with van der Waals surface area (Å²) in [5.41, 5.74) is 0. The topological polar surface area (TPSA) is 3.24 Å². The highest BCUT2D eigenvalue weighted by Crippen LogP contribution is 2.27. The van der Waals surface area contributed by atoms with Crippen molar-refractivity contribution in [3.63, 3.8) is 0 Å². The van der Waals surface area contributed by atoms with Crippen molar-refractivity contribution in [3.05, 3.63) is 0 Å². The van der Waals surface area contributed by atoms with Crippen molar-refractivity contribution in [1.82, 2.24) is 4.90 Å². The van der Waals surface area contributed by atoms with E-state index in [1.54, 1.807) is 0 Å². The summed E-state index contributed by atoms with van der Waals surface area (Å²) in [7, 11) is 0. The zero-order chi connectivity index (χ0) is 11.3. The summed E-state index contributed by atoms with van der Waals surface area (Å²) in [4.78, 5) is 2.71. The average Bonchev–Trinajstić information content (AvgIpc) is 2.20. The van der Waals surface area contributed by atoms with E-state index in [1.165, 1.54) is 45.2 Å². The summed E-state index contributed by atoms with van der Waals surface area (Å²) in [6, 6.07) is 0.817. The first kappa shape index (κ1) is 13.0. The van der Waals surface area contributed by atoms with Crippen molar-refractivity contribution in [3.8, 4) is 0 Å². The van der Waals surface area contributed by atoms with Gasteiger partial charge in [0.2, 0.25) is 0 Å².